The van der Waals surface area contributed by atoms with Crippen LogP contribution in [-0.4, -0.2) is 39.8 Å². The molecule has 0 atom stereocenters. The van der Waals surface area contributed by atoms with Gasteiger partial charge in [-0.05, 0) is 62.7 Å². The Morgan fingerprint density at radius 1 is 1.12 bits per heavy atom. The van der Waals surface area contributed by atoms with E-state index in [0.717, 1.165) is 17.0 Å². The molecule has 33 heavy (non-hydrogen) atoms. The van der Waals surface area contributed by atoms with Crippen LogP contribution in [0.3, 0.4) is 0 Å². The second-order valence-corrected chi connectivity index (χ2v) is 8.12. The van der Waals surface area contributed by atoms with Gasteiger partial charge in [-0.25, -0.2) is 14.5 Å². The molecule has 0 N–H and O–H groups in total. The minimum atomic E-state index is -0.843. The van der Waals surface area contributed by atoms with Crippen LogP contribution in [0.1, 0.15) is 33.9 Å². The summed E-state index contributed by atoms with van der Waals surface area (Å²) < 4.78 is 6.80. The van der Waals surface area contributed by atoms with Gasteiger partial charge >= 0.3 is 5.97 Å². The first kappa shape index (κ1) is 24.2. The highest BCUT2D eigenvalue weighted by Gasteiger charge is 2.21. The molecule has 0 radical (unpaired) electrons. The van der Waals surface area contributed by atoms with Crippen molar-refractivity contribution in [3.05, 3.63) is 69.1 Å². The average Bonchev–Trinajstić information content (AvgIpc) is 3.12. The van der Waals surface area contributed by atoms with E-state index in [1.807, 2.05) is 32.9 Å². The van der Waals surface area contributed by atoms with E-state index < -0.39 is 18.5 Å². The number of rotatable bonds is 7. The number of esters is 1. The van der Waals surface area contributed by atoms with Crippen LogP contribution in [0.15, 0.2) is 36.4 Å². The molecular weight excluding hydrogens is 465 g/mol. The van der Waals surface area contributed by atoms with Gasteiger partial charge in [0.2, 0.25) is 0 Å². The fourth-order valence-corrected chi connectivity index (χ4v) is 3.48. The van der Waals surface area contributed by atoms with Gasteiger partial charge in [-0.2, -0.15) is 10.4 Å². The van der Waals surface area contributed by atoms with Crippen molar-refractivity contribution >= 4 is 40.8 Å². The minimum absolute atomic E-state index is 0.0902. The van der Waals surface area contributed by atoms with Gasteiger partial charge in [-0.15, -0.1) is 0 Å². The number of nitrogens with zero attached hydrogens (tertiary/aromatic N) is 5. The third kappa shape index (κ3) is 5.69. The summed E-state index contributed by atoms with van der Waals surface area (Å²) in [4.78, 5) is 31.2. The predicted octanol–water partition coefficient (Wildman–Crippen LogP) is 4.60. The van der Waals surface area contributed by atoms with Gasteiger partial charge in [-0.3, -0.25) is 4.79 Å². The van der Waals surface area contributed by atoms with Gasteiger partial charge in [0.25, 0.3) is 5.91 Å². The molecule has 0 fully saturated rings. The number of carbonyl (C=O) groups excluding carboxylic acids is 2. The Kier molecular flexibility index (Phi) is 7.69. The second-order valence-electron chi connectivity index (χ2n) is 7.30. The minimum Gasteiger partial charge on any atom is -0.451 e. The molecule has 8 nitrogen and oxygen atoms in total. The van der Waals surface area contributed by atoms with E-state index in [-0.39, 0.29) is 23.7 Å². The molecule has 2 aromatic heterocycles. The molecule has 10 heteroatoms. The normalized spacial score (nSPS) is 10.5. The monoisotopic (exact) mass is 485 g/mol. The number of nitriles is 1. The fraction of sp³-hybridized carbons (Fsp3) is 0.261. The molecule has 0 saturated heterocycles. The van der Waals surface area contributed by atoms with Crippen molar-refractivity contribution in [1.82, 2.24) is 14.8 Å². The highest BCUT2D eigenvalue weighted by atomic mass is 35.5. The van der Waals surface area contributed by atoms with E-state index in [4.69, 9.17) is 33.2 Å². The van der Waals surface area contributed by atoms with Crippen molar-refractivity contribution in [3.8, 4) is 11.9 Å². The summed E-state index contributed by atoms with van der Waals surface area (Å²) in [6.45, 7) is 5.11. The summed E-state index contributed by atoms with van der Waals surface area (Å²) in [6, 6.07) is 12.1. The Hall–Kier alpha value is -3.41. The molecule has 0 unspecified atom stereocenters. The summed E-state index contributed by atoms with van der Waals surface area (Å²) >= 11 is 12.2. The van der Waals surface area contributed by atoms with Crippen LogP contribution in [0, 0.1) is 32.1 Å². The maximum absolute atomic E-state index is 12.8. The topological polar surface area (TPSA) is 101 Å². The summed E-state index contributed by atoms with van der Waals surface area (Å²) in [5.74, 6) is -0.939. The van der Waals surface area contributed by atoms with E-state index in [0.29, 0.717) is 16.5 Å². The Bertz CT molecular complexity index is 1250. The summed E-state index contributed by atoms with van der Waals surface area (Å²) in [7, 11) is 0. The van der Waals surface area contributed by atoms with Crippen LogP contribution >= 0.6 is 23.2 Å². The Labute approximate surface area is 201 Å². The van der Waals surface area contributed by atoms with Gasteiger partial charge in [0.05, 0.1) is 23.2 Å². The smallest absolute Gasteiger partial charge is 0.359 e. The molecule has 0 aliphatic rings. The number of benzene rings is 1. The van der Waals surface area contributed by atoms with Gasteiger partial charge in [0.1, 0.15) is 0 Å². The van der Waals surface area contributed by atoms with Crippen molar-refractivity contribution < 1.29 is 14.3 Å². The van der Waals surface area contributed by atoms with Gasteiger partial charge in [-0.1, -0.05) is 23.2 Å². The first-order valence-corrected chi connectivity index (χ1v) is 10.8. The number of halogens is 2. The lowest BCUT2D eigenvalue weighted by Gasteiger charge is -2.22. The lowest BCUT2D eigenvalue weighted by molar-refractivity contribution is -0.121. The molecule has 170 valence electrons. The first-order valence-electron chi connectivity index (χ1n) is 10.0. The highest BCUT2D eigenvalue weighted by molar-refractivity contribution is 6.33. The van der Waals surface area contributed by atoms with Crippen molar-refractivity contribution in [2.45, 2.75) is 27.2 Å². The molecule has 2 heterocycles. The summed E-state index contributed by atoms with van der Waals surface area (Å²) in [5, 5.41) is 13.9. The van der Waals surface area contributed by atoms with Gasteiger partial charge in [0, 0.05) is 22.9 Å². The third-order valence-corrected chi connectivity index (χ3v) is 5.51. The number of aryl methyl sites for hydroxylation is 3. The van der Waals surface area contributed by atoms with Crippen molar-refractivity contribution in [2.24, 2.45) is 0 Å². The number of aromatic nitrogens is 3. The van der Waals surface area contributed by atoms with E-state index in [1.54, 1.807) is 28.9 Å². The number of pyridine rings is 1. The zero-order valence-corrected chi connectivity index (χ0v) is 19.8. The number of anilines is 1. The quantitative estimate of drug-likeness (QED) is 0.453. The van der Waals surface area contributed by atoms with Crippen LogP contribution in [0.25, 0.3) is 5.82 Å². The van der Waals surface area contributed by atoms with Crippen LogP contribution in [-0.2, 0) is 9.53 Å². The average molecular weight is 486 g/mol. The van der Waals surface area contributed by atoms with E-state index >= 15 is 0 Å². The Balaban J connectivity index is 1.77. The van der Waals surface area contributed by atoms with E-state index in [2.05, 4.69) is 10.1 Å². The molecule has 3 rings (SSSR count). The first-order chi connectivity index (χ1) is 15.7. The van der Waals surface area contributed by atoms with Crippen LogP contribution in [0.2, 0.25) is 10.0 Å². The zero-order chi connectivity index (χ0) is 24.1. The molecule has 1 amide bonds. The highest BCUT2D eigenvalue weighted by Crippen LogP contribution is 2.23. The molecular formula is C23H21Cl2N5O3. The maximum atomic E-state index is 12.8. The van der Waals surface area contributed by atoms with Gasteiger partial charge < -0.3 is 9.64 Å². The van der Waals surface area contributed by atoms with Crippen LogP contribution in [0.4, 0.5) is 5.69 Å². The molecule has 0 saturated carbocycles. The SMILES string of the molecule is Cc1cc(C)n(-c2ccc(Cl)c(C(=O)OCC(=O)N(CCC#N)c3ccc(Cl)c(C)c3)n2)n1. The number of carbonyl (C=O) groups is 2. The molecule has 1 aromatic carbocycles. The predicted molar refractivity (Wildman–Crippen MR) is 125 cm³/mol. The Morgan fingerprint density at radius 2 is 1.85 bits per heavy atom. The third-order valence-electron chi connectivity index (χ3n) is 4.78. The maximum Gasteiger partial charge on any atom is 0.359 e. The van der Waals surface area contributed by atoms with Gasteiger partial charge in [0.15, 0.2) is 18.1 Å². The number of hydrogen-bond donors (Lipinski definition) is 0. The standard InChI is InChI=1S/C23H21Cl2N5O3/c1-14-11-17(5-6-18(14)24)29(10-4-9-26)21(31)13-33-23(32)22-19(25)7-8-20(27-22)30-16(3)12-15(2)28-30/h5-8,11-12H,4,10,13H2,1-3H3. The number of ether oxygens (including phenoxy) is 1. The molecule has 0 aliphatic heterocycles. The van der Waals surface area contributed by atoms with Crippen molar-refractivity contribution in [3.63, 3.8) is 0 Å². The molecule has 3 aromatic rings. The van der Waals surface area contributed by atoms with Crippen molar-refractivity contribution in [1.29, 1.82) is 5.26 Å². The largest absolute Gasteiger partial charge is 0.451 e. The molecule has 0 spiro atoms. The molecule has 0 bridgehead atoms. The molecule has 0 aliphatic carbocycles. The second kappa shape index (κ2) is 10.5. The zero-order valence-electron chi connectivity index (χ0n) is 18.3. The lowest BCUT2D eigenvalue weighted by Crippen LogP contribution is -2.35. The Morgan fingerprint density at radius 3 is 2.48 bits per heavy atom. The fourth-order valence-electron chi connectivity index (χ4n) is 3.18. The van der Waals surface area contributed by atoms with Crippen LogP contribution < -0.4 is 4.90 Å². The van der Waals surface area contributed by atoms with Crippen molar-refractivity contribution in [2.75, 3.05) is 18.1 Å². The number of hydrogen-bond acceptors (Lipinski definition) is 6. The summed E-state index contributed by atoms with van der Waals surface area (Å²) in [5.41, 5.74) is 2.84. The van der Waals surface area contributed by atoms with E-state index in [1.165, 1.54) is 11.0 Å². The summed E-state index contributed by atoms with van der Waals surface area (Å²) in [6.07, 6.45) is 0.111. The lowest BCUT2D eigenvalue weighted by atomic mass is 10.2. The number of amides is 1. The van der Waals surface area contributed by atoms with Crippen LogP contribution in [0.5, 0.6) is 0 Å². The van der Waals surface area contributed by atoms with E-state index in [9.17, 15) is 9.59 Å².